The fourth-order valence-electron chi connectivity index (χ4n) is 3.62. The second kappa shape index (κ2) is 9.42. The SMILES string of the molecule is O=C(N[C@@H]1CCCN(c2ccc(OC(F)(F)F)cc2Cl)C1)c1ccnc(NC(=O)C2CC2)n1. The summed E-state index contributed by atoms with van der Waals surface area (Å²) in [5, 5.41) is 5.64. The highest BCUT2D eigenvalue weighted by atomic mass is 35.5. The molecule has 1 atom stereocenters. The van der Waals surface area contributed by atoms with E-state index in [0.29, 0.717) is 25.2 Å². The largest absolute Gasteiger partial charge is 0.573 e. The molecule has 4 rings (SSSR count). The van der Waals surface area contributed by atoms with Crippen molar-refractivity contribution in [3.63, 3.8) is 0 Å². The molecule has 2 aromatic rings. The molecule has 2 heterocycles. The molecule has 2 aliphatic rings. The van der Waals surface area contributed by atoms with Gasteiger partial charge in [-0.3, -0.25) is 14.9 Å². The molecule has 176 valence electrons. The third-order valence-electron chi connectivity index (χ3n) is 5.32. The first-order valence-corrected chi connectivity index (χ1v) is 10.8. The normalized spacial score (nSPS) is 18.5. The lowest BCUT2D eigenvalue weighted by molar-refractivity contribution is -0.274. The number of nitrogens with zero attached hydrogens (tertiary/aromatic N) is 3. The van der Waals surface area contributed by atoms with E-state index in [4.69, 9.17) is 11.6 Å². The van der Waals surface area contributed by atoms with Gasteiger partial charge >= 0.3 is 6.36 Å². The molecule has 33 heavy (non-hydrogen) atoms. The zero-order chi connectivity index (χ0) is 23.6. The van der Waals surface area contributed by atoms with Gasteiger partial charge in [-0.1, -0.05) is 11.6 Å². The van der Waals surface area contributed by atoms with Crippen LogP contribution in [-0.2, 0) is 4.79 Å². The maximum Gasteiger partial charge on any atom is 0.573 e. The average molecular weight is 484 g/mol. The molecular formula is C21H21ClF3N5O3. The van der Waals surface area contributed by atoms with Crippen molar-refractivity contribution in [2.24, 2.45) is 5.92 Å². The lowest BCUT2D eigenvalue weighted by Gasteiger charge is -2.35. The van der Waals surface area contributed by atoms with Gasteiger partial charge in [0.2, 0.25) is 11.9 Å². The van der Waals surface area contributed by atoms with Crippen molar-refractivity contribution in [3.8, 4) is 5.75 Å². The number of piperidine rings is 1. The lowest BCUT2D eigenvalue weighted by Crippen LogP contribution is -2.48. The summed E-state index contributed by atoms with van der Waals surface area (Å²) >= 11 is 6.20. The number of alkyl halides is 3. The van der Waals surface area contributed by atoms with Crippen LogP contribution < -0.4 is 20.3 Å². The molecule has 0 spiro atoms. The number of amides is 2. The van der Waals surface area contributed by atoms with E-state index < -0.39 is 18.0 Å². The maximum atomic E-state index is 12.7. The van der Waals surface area contributed by atoms with E-state index in [1.54, 1.807) is 0 Å². The van der Waals surface area contributed by atoms with Gasteiger partial charge in [0.1, 0.15) is 11.4 Å². The molecule has 1 saturated heterocycles. The minimum Gasteiger partial charge on any atom is -0.406 e. The Kier molecular flexibility index (Phi) is 6.59. The van der Waals surface area contributed by atoms with Crippen molar-refractivity contribution in [1.82, 2.24) is 15.3 Å². The van der Waals surface area contributed by atoms with E-state index in [-0.39, 0.29) is 34.5 Å². The standard InChI is InChI=1S/C21H21ClF3N5O3/c22-15-10-14(33-21(23,24)25)5-6-17(15)30-9-1-2-13(11-30)27-19(32)16-7-8-26-20(28-16)29-18(31)12-3-4-12/h5-8,10,12-13H,1-4,9,11H2,(H,27,32)(H,26,28,29,31)/t13-/m1/s1. The fraction of sp³-hybridized carbons (Fsp3) is 0.429. The van der Waals surface area contributed by atoms with Gasteiger partial charge < -0.3 is 15.0 Å². The summed E-state index contributed by atoms with van der Waals surface area (Å²) in [6, 6.07) is 5.01. The number of carbonyl (C=O) groups is 2. The molecule has 0 radical (unpaired) electrons. The monoisotopic (exact) mass is 483 g/mol. The van der Waals surface area contributed by atoms with Gasteiger partial charge in [0.05, 0.1) is 10.7 Å². The smallest absolute Gasteiger partial charge is 0.406 e. The van der Waals surface area contributed by atoms with Crippen LogP contribution in [0, 0.1) is 5.92 Å². The van der Waals surface area contributed by atoms with E-state index >= 15 is 0 Å². The van der Waals surface area contributed by atoms with Crippen LogP contribution in [-0.4, -0.2) is 47.3 Å². The topological polar surface area (TPSA) is 96.5 Å². The highest BCUT2D eigenvalue weighted by Crippen LogP contribution is 2.34. The first kappa shape index (κ1) is 23.1. The third-order valence-corrected chi connectivity index (χ3v) is 5.62. The number of rotatable bonds is 6. The van der Waals surface area contributed by atoms with Crippen molar-refractivity contribution in [2.75, 3.05) is 23.3 Å². The summed E-state index contributed by atoms with van der Waals surface area (Å²) < 4.78 is 41.2. The van der Waals surface area contributed by atoms with Gasteiger partial charge in [0.15, 0.2) is 0 Å². The molecular weight excluding hydrogens is 463 g/mol. The second-order valence-electron chi connectivity index (χ2n) is 7.95. The fourth-order valence-corrected chi connectivity index (χ4v) is 3.91. The number of hydrogen-bond acceptors (Lipinski definition) is 6. The molecule has 1 aliphatic heterocycles. The molecule has 2 fully saturated rings. The van der Waals surface area contributed by atoms with E-state index in [0.717, 1.165) is 25.3 Å². The van der Waals surface area contributed by atoms with Crippen molar-refractivity contribution in [2.45, 2.75) is 38.1 Å². The van der Waals surface area contributed by atoms with Gasteiger partial charge in [-0.2, -0.15) is 0 Å². The summed E-state index contributed by atoms with van der Waals surface area (Å²) in [4.78, 5) is 34.6. The van der Waals surface area contributed by atoms with Crippen LogP contribution in [0.1, 0.15) is 36.2 Å². The lowest BCUT2D eigenvalue weighted by atomic mass is 10.0. The number of ether oxygens (including phenoxy) is 1. The number of halogens is 4. The predicted octanol–water partition coefficient (Wildman–Crippen LogP) is 3.78. The molecule has 0 bridgehead atoms. The van der Waals surface area contributed by atoms with Crippen molar-refractivity contribution >= 4 is 35.1 Å². The van der Waals surface area contributed by atoms with Gasteiger partial charge in [-0.05, 0) is 43.9 Å². The van der Waals surface area contributed by atoms with Gasteiger partial charge in [0, 0.05) is 37.3 Å². The Morgan fingerprint density at radius 3 is 2.67 bits per heavy atom. The first-order valence-electron chi connectivity index (χ1n) is 10.4. The molecule has 1 aromatic carbocycles. The zero-order valence-electron chi connectivity index (χ0n) is 17.4. The summed E-state index contributed by atoms with van der Waals surface area (Å²) in [6.07, 6.45) is -0.256. The molecule has 8 nitrogen and oxygen atoms in total. The van der Waals surface area contributed by atoms with Gasteiger partial charge in [-0.25, -0.2) is 9.97 Å². The Hall–Kier alpha value is -3.08. The number of nitrogens with one attached hydrogen (secondary N) is 2. The Balaban J connectivity index is 1.38. The van der Waals surface area contributed by atoms with Crippen LogP contribution in [0.5, 0.6) is 5.75 Å². The minimum absolute atomic E-state index is 0.0137. The number of carbonyl (C=O) groups excluding carboxylic acids is 2. The predicted molar refractivity (Wildman–Crippen MR) is 114 cm³/mol. The van der Waals surface area contributed by atoms with E-state index in [9.17, 15) is 22.8 Å². The summed E-state index contributed by atoms with van der Waals surface area (Å²) in [7, 11) is 0. The zero-order valence-corrected chi connectivity index (χ0v) is 18.1. The van der Waals surface area contributed by atoms with Crippen molar-refractivity contribution in [3.05, 3.63) is 41.2 Å². The number of benzene rings is 1. The van der Waals surface area contributed by atoms with Crippen LogP contribution >= 0.6 is 11.6 Å². The number of aromatic nitrogens is 2. The Morgan fingerprint density at radius 1 is 1.18 bits per heavy atom. The summed E-state index contributed by atoms with van der Waals surface area (Å²) in [6.45, 7) is 1.05. The van der Waals surface area contributed by atoms with Crippen LogP contribution in [0.25, 0.3) is 0 Å². The Labute approximate surface area is 192 Å². The van der Waals surface area contributed by atoms with E-state index in [1.807, 2.05) is 4.90 Å². The first-order chi connectivity index (χ1) is 15.7. The number of hydrogen-bond donors (Lipinski definition) is 2. The van der Waals surface area contributed by atoms with E-state index in [2.05, 4.69) is 25.3 Å². The molecule has 2 N–H and O–H groups in total. The van der Waals surface area contributed by atoms with E-state index in [1.165, 1.54) is 24.4 Å². The van der Waals surface area contributed by atoms with Crippen LogP contribution in [0.3, 0.4) is 0 Å². The van der Waals surface area contributed by atoms with Gasteiger partial charge in [0.25, 0.3) is 5.91 Å². The Bertz CT molecular complexity index is 1050. The summed E-state index contributed by atoms with van der Waals surface area (Å²) in [5.74, 6) is -0.894. The van der Waals surface area contributed by atoms with Crippen molar-refractivity contribution in [1.29, 1.82) is 0 Å². The van der Waals surface area contributed by atoms with Gasteiger partial charge in [-0.15, -0.1) is 13.2 Å². The van der Waals surface area contributed by atoms with Crippen molar-refractivity contribution < 1.29 is 27.5 Å². The molecule has 1 saturated carbocycles. The quantitative estimate of drug-likeness (QED) is 0.649. The van der Waals surface area contributed by atoms with Crippen LogP contribution in [0.15, 0.2) is 30.5 Å². The molecule has 2 amide bonds. The van der Waals surface area contributed by atoms with Crippen LogP contribution in [0.2, 0.25) is 5.02 Å². The third kappa shape index (κ3) is 6.25. The van der Waals surface area contributed by atoms with Crippen LogP contribution in [0.4, 0.5) is 24.8 Å². The molecule has 1 aliphatic carbocycles. The summed E-state index contributed by atoms with van der Waals surface area (Å²) in [5.41, 5.74) is 0.678. The molecule has 12 heteroatoms. The molecule has 0 unspecified atom stereocenters. The minimum atomic E-state index is -4.80. The maximum absolute atomic E-state index is 12.7. The molecule has 1 aromatic heterocycles. The highest BCUT2D eigenvalue weighted by Gasteiger charge is 2.32. The Morgan fingerprint density at radius 2 is 1.97 bits per heavy atom. The second-order valence-corrected chi connectivity index (χ2v) is 8.36. The average Bonchev–Trinajstić information content (AvgIpc) is 3.58. The highest BCUT2D eigenvalue weighted by molar-refractivity contribution is 6.33. The number of anilines is 2.